The van der Waals surface area contributed by atoms with Crippen molar-refractivity contribution in [3.05, 3.63) is 29.3 Å². The number of carbonyl (C=O) groups is 1. The van der Waals surface area contributed by atoms with Crippen LogP contribution in [0.5, 0.6) is 0 Å². The molecule has 2 N–H and O–H groups in total. The lowest BCUT2D eigenvalue weighted by atomic mass is 10.4. The SMILES string of the molecule is Cc1[nH]nc(C(=O)O)c1S(=O)(=O)N(C)Cc1cnn(C)c1. The number of aromatic amines is 1. The fourth-order valence-electron chi connectivity index (χ4n) is 1.93. The van der Waals surface area contributed by atoms with Crippen LogP contribution in [0.15, 0.2) is 17.3 Å². The van der Waals surface area contributed by atoms with Gasteiger partial charge in [-0.3, -0.25) is 9.78 Å². The number of sulfonamides is 1. The number of nitrogens with zero attached hydrogens (tertiary/aromatic N) is 4. The van der Waals surface area contributed by atoms with Crippen molar-refractivity contribution >= 4 is 16.0 Å². The Morgan fingerprint density at radius 2 is 2.19 bits per heavy atom. The minimum absolute atomic E-state index is 0.0832. The molecule has 9 nitrogen and oxygen atoms in total. The molecule has 114 valence electrons. The van der Waals surface area contributed by atoms with Crippen LogP contribution in [0.2, 0.25) is 0 Å². The average Bonchev–Trinajstić information content (AvgIpc) is 2.95. The van der Waals surface area contributed by atoms with Crippen LogP contribution in [0, 0.1) is 6.92 Å². The molecular weight excluding hydrogens is 298 g/mol. The summed E-state index contributed by atoms with van der Waals surface area (Å²) in [5.41, 5.74) is 0.373. The number of nitrogens with one attached hydrogen (secondary N) is 1. The van der Waals surface area contributed by atoms with E-state index in [1.165, 1.54) is 14.0 Å². The van der Waals surface area contributed by atoms with Crippen LogP contribution in [0.25, 0.3) is 0 Å². The molecule has 0 aromatic carbocycles. The molecule has 0 saturated carbocycles. The summed E-state index contributed by atoms with van der Waals surface area (Å²) in [6.45, 7) is 1.55. The zero-order chi connectivity index (χ0) is 15.8. The molecule has 0 aliphatic carbocycles. The topological polar surface area (TPSA) is 121 Å². The monoisotopic (exact) mass is 313 g/mol. The standard InChI is InChI=1S/C11H15N5O4S/c1-7-10(9(11(17)18)14-13-7)21(19,20)16(3)6-8-4-12-15(2)5-8/h4-5H,6H2,1-3H3,(H,13,14)(H,17,18). The molecule has 0 unspecified atom stereocenters. The fraction of sp³-hybridized carbons (Fsp3) is 0.364. The van der Waals surface area contributed by atoms with E-state index in [4.69, 9.17) is 5.11 Å². The van der Waals surface area contributed by atoms with E-state index in [-0.39, 0.29) is 17.1 Å². The van der Waals surface area contributed by atoms with Gasteiger partial charge in [0.05, 0.1) is 11.9 Å². The van der Waals surface area contributed by atoms with E-state index in [9.17, 15) is 13.2 Å². The Kier molecular flexibility index (Phi) is 3.83. The van der Waals surface area contributed by atoms with Crippen molar-refractivity contribution in [1.29, 1.82) is 0 Å². The Hall–Kier alpha value is -2.20. The van der Waals surface area contributed by atoms with E-state index in [1.54, 1.807) is 24.1 Å². The molecule has 2 aromatic heterocycles. The van der Waals surface area contributed by atoms with Gasteiger partial charge in [-0.05, 0) is 6.92 Å². The second-order valence-electron chi connectivity index (χ2n) is 4.61. The summed E-state index contributed by atoms with van der Waals surface area (Å²) >= 11 is 0. The van der Waals surface area contributed by atoms with E-state index in [0.717, 1.165) is 4.31 Å². The third kappa shape index (κ3) is 2.81. The van der Waals surface area contributed by atoms with Crippen LogP contribution in [-0.2, 0) is 23.6 Å². The molecule has 0 aliphatic rings. The molecule has 0 spiro atoms. The molecule has 0 bridgehead atoms. The number of H-pyrrole nitrogens is 1. The Morgan fingerprint density at radius 3 is 2.71 bits per heavy atom. The molecule has 0 amide bonds. The molecule has 2 aromatic rings. The number of rotatable bonds is 5. The third-order valence-electron chi connectivity index (χ3n) is 2.93. The van der Waals surface area contributed by atoms with Crippen LogP contribution >= 0.6 is 0 Å². The van der Waals surface area contributed by atoms with Crippen molar-refractivity contribution in [3.8, 4) is 0 Å². The Balaban J connectivity index is 2.37. The van der Waals surface area contributed by atoms with Gasteiger partial charge in [0.25, 0.3) is 0 Å². The number of carboxylic acid groups (broad SMARTS) is 1. The maximum atomic E-state index is 12.5. The largest absolute Gasteiger partial charge is 0.476 e. The lowest BCUT2D eigenvalue weighted by Gasteiger charge is -2.16. The zero-order valence-electron chi connectivity index (χ0n) is 11.7. The van der Waals surface area contributed by atoms with Crippen molar-refractivity contribution in [2.75, 3.05) is 7.05 Å². The number of aryl methyl sites for hydroxylation is 2. The fourth-order valence-corrected chi connectivity index (χ4v) is 3.37. The summed E-state index contributed by atoms with van der Waals surface area (Å²) in [4.78, 5) is 10.8. The van der Waals surface area contributed by atoms with Crippen molar-refractivity contribution in [2.45, 2.75) is 18.4 Å². The second kappa shape index (κ2) is 5.30. The molecule has 2 rings (SSSR count). The third-order valence-corrected chi connectivity index (χ3v) is 4.89. The number of hydrogen-bond acceptors (Lipinski definition) is 5. The normalized spacial score (nSPS) is 12.0. The second-order valence-corrected chi connectivity index (χ2v) is 6.60. The molecule has 0 atom stereocenters. The van der Waals surface area contributed by atoms with Crippen molar-refractivity contribution in [2.24, 2.45) is 7.05 Å². The maximum absolute atomic E-state index is 12.5. The van der Waals surface area contributed by atoms with Gasteiger partial charge in [0.2, 0.25) is 10.0 Å². The molecular formula is C11H15N5O4S. The first-order valence-electron chi connectivity index (χ1n) is 5.95. The first-order valence-corrected chi connectivity index (χ1v) is 7.39. The van der Waals surface area contributed by atoms with Gasteiger partial charge in [-0.2, -0.15) is 14.5 Å². The first-order chi connectivity index (χ1) is 9.73. The molecule has 2 heterocycles. The highest BCUT2D eigenvalue weighted by molar-refractivity contribution is 7.89. The summed E-state index contributed by atoms with van der Waals surface area (Å²) in [6, 6.07) is 0. The average molecular weight is 313 g/mol. The van der Waals surface area contributed by atoms with Gasteiger partial charge < -0.3 is 5.11 Å². The van der Waals surface area contributed by atoms with Gasteiger partial charge in [-0.1, -0.05) is 0 Å². The lowest BCUT2D eigenvalue weighted by Crippen LogP contribution is -2.28. The summed E-state index contributed by atoms with van der Waals surface area (Å²) < 4.78 is 27.7. The summed E-state index contributed by atoms with van der Waals surface area (Å²) in [7, 11) is -0.871. The highest BCUT2D eigenvalue weighted by Crippen LogP contribution is 2.22. The predicted octanol–water partition coefficient (Wildman–Crippen LogP) is -0.0295. The van der Waals surface area contributed by atoms with Crippen LogP contribution < -0.4 is 0 Å². The quantitative estimate of drug-likeness (QED) is 0.799. The molecule has 0 fully saturated rings. The highest BCUT2D eigenvalue weighted by atomic mass is 32.2. The van der Waals surface area contributed by atoms with Crippen LogP contribution in [-0.4, -0.2) is 50.8 Å². The number of aromatic nitrogens is 4. The number of carboxylic acids is 1. The van der Waals surface area contributed by atoms with E-state index in [1.807, 2.05) is 0 Å². The molecule has 10 heteroatoms. The molecule has 0 saturated heterocycles. The Bertz CT molecular complexity index is 776. The lowest BCUT2D eigenvalue weighted by molar-refractivity contribution is 0.0686. The van der Waals surface area contributed by atoms with Gasteiger partial charge in [-0.25, -0.2) is 13.2 Å². The summed E-state index contributed by atoms with van der Waals surface area (Å²) in [6.07, 6.45) is 3.23. The van der Waals surface area contributed by atoms with Gasteiger partial charge in [0.1, 0.15) is 4.90 Å². The van der Waals surface area contributed by atoms with E-state index >= 15 is 0 Å². The van der Waals surface area contributed by atoms with E-state index in [2.05, 4.69) is 15.3 Å². The predicted molar refractivity (Wildman–Crippen MR) is 72.1 cm³/mol. The van der Waals surface area contributed by atoms with Gasteiger partial charge in [0.15, 0.2) is 5.69 Å². The number of hydrogen-bond donors (Lipinski definition) is 2. The molecule has 0 aliphatic heterocycles. The van der Waals surface area contributed by atoms with Gasteiger partial charge in [0, 0.05) is 32.4 Å². The van der Waals surface area contributed by atoms with Crippen LogP contribution in [0.4, 0.5) is 0 Å². The molecule has 0 radical (unpaired) electrons. The van der Waals surface area contributed by atoms with Gasteiger partial charge >= 0.3 is 5.97 Å². The minimum Gasteiger partial charge on any atom is -0.476 e. The first kappa shape index (κ1) is 15.2. The molecule has 21 heavy (non-hydrogen) atoms. The Labute approximate surface area is 121 Å². The van der Waals surface area contributed by atoms with Crippen molar-refractivity contribution < 1.29 is 18.3 Å². The maximum Gasteiger partial charge on any atom is 0.357 e. The van der Waals surface area contributed by atoms with Crippen molar-refractivity contribution in [3.63, 3.8) is 0 Å². The summed E-state index contributed by atoms with van der Waals surface area (Å²) in [5.74, 6) is -1.40. The van der Waals surface area contributed by atoms with Crippen LogP contribution in [0.3, 0.4) is 0 Å². The summed E-state index contributed by atoms with van der Waals surface area (Å²) in [5, 5.41) is 18.9. The highest BCUT2D eigenvalue weighted by Gasteiger charge is 2.31. The van der Waals surface area contributed by atoms with E-state index < -0.39 is 21.7 Å². The zero-order valence-corrected chi connectivity index (χ0v) is 12.5. The van der Waals surface area contributed by atoms with Gasteiger partial charge in [-0.15, -0.1) is 0 Å². The van der Waals surface area contributed by atoms with Crippen LogP contribution in [0.1, 0.15) is 21.7 Å². The van der Waals surface area contributed by atoms with Crippen molar-refractivity contribution in [1.82, 2.24) is 24.3 Å². The minimum atomic E-state index is -3.97. The smallest absolute Gasteiger partial charge is 0.357 e. The Morgan fingerprint density at radius 1 is 1.52 bits per heavy atom. The number of aromatic carboxylic acids is 1. The van der Waals surface area contributed by atoms with E-state index in [0.29, 0.717) is 5.56 Å².